The van der Waals surface area contributed by atoms with Crippen LogP contribution in [0.1, 0.15) is 28.8 Å². The number of aryl methyl sites for hydroxylation is 1. The molecule has 3 N–H and O–H groups in total. The molecule has 1 aromatic heterocycles. The number of nitrogens with one attached hydrogen (secondary N) is 1. The smallest absolute Gasteiger partial charge is 0.254 e. The molecule has 0 bridgehead atoms. The fourth-order valence-electron chi connectivity index (χ4n) is 2.20. The molecule has 1 amide bonds. The number of nitrogens with zero attached hydrogens (tertiary/aromatic N) is 1. The zero-order chi connectivity index (χ0) is 15.9. The highest BCUT2D eigenvalue weighted by Crippen LogP contribution is 2.22. The average Bonchev–Trinajstić information content (AvgIpc) is 2.70. The Bertz CT molecular complexity index is 645. The van der Waals surface area contributed by atoms with E-state index >= 15 is 0 Å². The minimum atomic E-state index is -0.536. The summed E-state index contributed by atoms with van der Waals surface area (Å²) in [5.41, 5.74) is 7.74. The molecule has 22 heavy (non-hydrogen) atoms. The Hall–Kier alpha value is -2.40. The summed E-state index contributed by atoms with van der Waals surface area (Å²) in [7, 11) is 1.93. The third-order valence-corrected chi connectivity index (χ3v) is 3.41. The van der Waals surface area contributed by atoms with E-state index in [9.17, 15) is 4.79 Å². The molecular formula is C17H21N3O2. The van der Waals surface area contributed by atoms with Crippen LogP contribution in [0.15, 0.2) is 47.9 Å². The highest BCUT2D eigenvalue weighted by molar-refractivity contribution is 5.96. The summed E-state index contributed by atoms with van der Waals surface area (Å²) in [6.45, 7) is 2.74. The van der Waals surface area contributed by atoms with Crippen LogP contribution in [0.4, 0.5) is 0 Å². The van der Waals surface area contributed by atoms with Crippen molar-refractivity contribution in [1.29, 1.82) is 0 Å². The van der Waals surface area contributed by atoms with Crippen LogP contribution in [0, 0.1) is 6.92 Å². The van der Waals surface area contributed by atoms with Crippen molar-refractivity contribution in [3.8, 4) is 5.88 Å². The van der Waals surface area contributed by atoms with Crippen LogP contribution in [-0.4, -0.2) is 24.5 Å². The van der Waals surface area contributed by atoms with Gasteiger partial charge in [-0.3, -0.25) is 4.79 Å². The summed E-state index contributed by atoms with van der Waals surface area (Å²) in [6.07, 6.45) is 11.4. The third kappa shape index (κ3) is 4.05. The summed E-state index contributed by atoms with van der Waals surface area (Å²) >= 11 is 0. The zero-order valence-electron chi connectivity index (χ0n) is 12.9. The third-order valence-electron chi connectivity index (χ3n) is 3.41. The minimum Gasteiger partial charge on any atom is -0.438 e. The van der Waals surface area contributed by atoms with Crippen LogP contribution in [0.5, 0.6) is 5.88 Å². The molecule has 1 heterocycles. The van der Waals surface area contributed by atoms with Gasteiger partial charge in [0.2, 0.25) is 5.88 Å². The quantitative estimate of drug-likeness (QED) is 0.844. The molecule has 0 unspecified atom stereocenters. The molecule has 1 aliphatic rings. The van der Waals surface area contributed by atoms with Gasteiger partial charge in [0.25, 0.3) is 5.91 Å². The lowest BCUT2D eigenvalue weighted by molar-refractivity contribution is 0.0996. The van der Waals surface area contributed by atoms with E-state index in [2.05, 4.69) is 16.4 Å². The number of carbonyl (C=O) groups is 1. The van der Waals surface area contributed by atoms with E-state index in [-0.39, 0.29) is 5.88 Å². The van der Waals surface area contributed by atoms with Crippen LogP contribution in [-0.2, 0) is 0 Å². The minimum absolute atomic E-state index is 0.252. The highest BCUT2D eigenvalue weighted by Gasteiger charge is 2.15. The molecule has 0 spiro atoms. The molecule has 1 aliphatic carbocycles. The number of ether oxygens (including phenoxy) is 1. The maximum Gasteiger partial charge on any atom is 0.254 e. The predicted octanol–water partition coefficient (Wildman–Crippen LogP) is 2.25. The Morgan fingerprint density at radius 1 is 1.41 bits per heavy atom. The second kappa shape index (κ2) is 7.56. The number of amides is 1. The molecule has 5 heteroatoms. The van der Waals surface area contributed by atoms with Crippen molar-refractivity contribution in [3.05, 3.63) is 59.0 Å². The average molecular weight is 299 g/mol. The van der Waals surface area contributed by atoms with Crippen molar-refractivity contribution in [2.45, 2.75) is 19.8 Å². The Labute approximate surface area is 130 Å². The molecule has 116 valence electrons. The number of hydrogen-bond acceptors (Lipinski definition) is 4. The molecule has 0 saturated carbocycles. The van der Waals surface area contributed by atoms with Gasteiger partial charge in [-0.2, -0.15) is 0 Å². The highest BCUT2D eigenvalue weighted by atomic mass is 16.5. The van der Waals surface area contributed by atoms with Crippen LogP contribution in [0.25, 0.3) is 0 Å². The van der Waals surface area contributed by atoms with E-state index in [4.69, 9.17) is 10.5 Å². The lowest BCUT2D eigenvalue weighted by Gasteiger charge is -2.10. The first-order valence-corrected chi connectivity index (χ1v) is 7.27. The van der Waals surface area contributed by atoms with Crippen molar-refractivity contribution < 1.29 is 9.53 Å². The Kier molecular flexibility index (Phi) is 5.49. The summed E-state index contributed by atoms with van der Waals surface area (Å²) in [5, 5.41) is 3.13. The van der Waals surface area contributed by atoms with E-state index in [1.54, 1.807) is 12.3 Å². The molecule has 0 fully saturated rings. The van der Waals surface area contributed by atoms with Crippen LogP contribution < -0.4 is 15.8 Å². The molecule has 0 atom stereocenters. The van der Waals surface area contributed by atoms with Gasteiger partial charge in [0.05, 0.1) is 0 Å². The first-order chi connectivity index (χ1) is 10.6. The number of nitrogens with two attached hydrogens (primary N) is 1. The Morgan fingerprint density at radius 3 is 2.95 bits per heavy atom. The van der Waals surface area contributed by atoms with Crippen molar-refractivity contribution >= 4 is 5.91 Å². The number of aromatic nitrogens is 1. The molecule has 0 radical (unpaired) electrons. The maximum absolute atomic E-state index is 11.6. The molecule has 1 aromatic rings. The van der Waals surface area contributed by atoms with Gasteiger partial charge in [-0.05, 0) is 57.1 Å². The van der Waals surface area contributed by atoms with Crippen molar-refractivity contribution in [2.24, 2.45) is 5.73 Å². The van der Waals surface area contributed by atoms with Gasteiger partial charge in [-0.15, -0.1) is 0 Å². The summed E-state index contributed by atoms with van der Waals surface area (Å²) in [6, 6.07) is 1.74. The number of rotatable bonds is 6. The van der Waals surface area contributed by atoms with Gasteiger partial charge in [0.15, 0.2) is 0 Å². The van der Waals surface area contributed by atoms with Crippen molar-refractivity contribution in [3.63, 3.8) is 0 Å². The van der Waals surface area contributed by atoms with Crippen molar-refractivity contribution in [2.75, 3.05) is 13.6 Å². The molecule has 0 aliphatic heterocycles. The Morgan fingerprint density at radius 2 is 2.23 bits per heavy atom. The van der Waals surface area contributed by atoms with Crippen LogP contribution in [0.3, 0.4) is 0 Å². The van der Waals surface area contributed by atoms with E-state index in [1.165, 1.54) is 5.57 Å². The summed E-state index contributed by atoms with van der Waals surface area (Å²) < 4.78 is 5.77. The molecular weight excluding hydrogens is 278 g/mol. The van der Waals surface area contributed by atoms with Gasteiger partial charge in [0, 0.05) is 6.20 Å². The molecule has 5 nitrogen and oxygen atoms in total. The largest absolute Gasteiger partial charge is 0.438 e. The predicted molar refractivity (Wildman–Crippen MR) is 86.6 cm³/mol. The monoisotopic (exact) mass is 299 g/mol. The number of carbonyl (C=O) groups excluding carboxylic acids is 1. The lowest BCUT2D eigenvalue weighted by Crippen LogP contribution is -2.15. The summed E-state index contributed by atoms with van der Waals surface area (Å²) in [4.78, 5) is 15.7. The van der Waals surface area contributed by atoms with Crippen LogP contribution in [0.2, 0.25) is 0 Å². The fraction of sp³-hybridized carbons (Fsp3) is 0.294. The number of pyridine rings is 1. The van der Waals surface area contributed by atoms with E-state index < -0.39 is 5.91 Å². The standard InChI is InChI=1S/C17H21N3O2/c1-12-8-11-20-17(15(12)16(18)21)22-14-5-3-4-13(6-7-14)9-10-19-2/h4-8,11,19H,3,9-10H2,1-2H3,(H2,18,21). The van der Waals surface area contributed by atoms with Gasteiger partial charge in [0.1, 0.15) is 11.3 Å². The van der Waals surface area contributed by atoms with E-state index in [1.807, 2.05) is 32.2 Å². The molecule has 2 rings (SSSR count). The van der Waals surface area contributed by atoms with Gasteiger partial charge >= 0.3 is 0 Å². The van der Waals surface area contributed by atoms with Crippen LogP contribution >= 0.6 is 0 Å². The SMILES string of the molecule is CNCCC1=CCC=C(Oc2nccc(C)c2C(N)=O)C=C1. The number of primary amides is 1. The van der Waals surface area contributed by atoms with E-state index in [0.29, 0.717) is 11.3 Å². The second-order valence-corrected chi connectivity index (χ2v) is 5.08. The van der Waals surface area contributed by atoms with Gasteiger partial charge < -0.3 is 15.8 Å². The summed E-state index contributed by atoms with van der Waals surface area (Å²) in [5.74, 6) is 0.380. The van der Waals surface area contributed by atoms with E-state index in [0.717, 1.165) is 24.9 Å². The topological polar surface area (TPSA) is 77.2 Å². The molecule has 0 saturated heterocycles. The van der Waals surface area contributed by atoms with Gasteiger partial charge in [-0.25, -0.2) is 4.98 Å². The Balaban J connectivity index is 2.14. The normalized spacial score (nSPS) is 14.1. The first kappa shape index (κ1) is 16.0. The lowest BCUT2D eigenvalue weighted by atomic mass is 10.1. The zero-order valence-corrected chi connectivity index (χ0v) is 12.9. The number of allylic oxidation sites excluding steroid dienone is 4. The van der Waals surface area contributed by atoms with Gasteiger partial charge in [-0.1, -0.05) is 17.7 Å². The maximum atomic E-state index is 11.6. The first-order valence-electron chi connectivity index (χ1n) is 7.27. The van der Waals surface area contributed by atoms with Crippen molar-refractivity contribution in [1.82, 2.24) is 10.3 Å². The molecule has 0 aromatic carbocycles. The second-order valence-electron chi connectivity index (χ2n) is 5.08. The fourth-order valence-corrected chi connectivity index (χ4v) is 2.20. The number of hydrogen-bond donors (Lipinski definition) is 2.